The Balaban J connectivity index is 0.000000388. The van der Waals surface area contributed by atoms with Gasteiger partial charge < -0.3 is 11.1 Å². The number of allylic oxidation sites excluding steroid dienone is 4. The second kappa shape index (κ2) is 87.7. The van der Waals surface area contributed by atoms with Crippen molar-refractivity contribution in [3.63, 3.8) is 0 Å². The first-order valence-corrected chi connectivity index (χ1v) is 58.2. The third-order valence-corrected chi connectivity index (χ3v) is 28.6. The molecule has 1 aliphatic rings. The summed E-state index contributed by atoms with van der Waals surface area (Å²) in [4.78, 5) is 3.08. The van der Waals surface area contributed by atoms with Crippen molar-refractivity contribution in [2.75, 3.05) is 0 Å². The molecule has 0 amide bonds. The van der Waals surface area contributed by atoms with E-state index in [-0.39, 0.29) is 0 Å². The van der Waals surface area contributed by atoms with E-state index in [4.69, 9.17) is 13.3 Å². The van der Waals surface area contributed by atoms with Crippen LogP contribution in [-0.2, 0) is 76.2 Å². The fourth-order valence-electron chi connectivity index (χ4n) is 18.3. The van der Waals surface area contributed by atoms with E-state index in [1.165, 1.54) is 458 Å². The standard InChI is InChI=1S/C36H52N2.C29H38N2.2C23H47.2C7H7O.2Ni/c1-5-8-11-13-14-17-20-31-21-18-22-33(28-31)36-34(23-15-10-7-3)29(4)35(38(36)37)32-26-24-30(25-27-32)19-16-12-9-6-2;1-4-6-8-10-13-25-17-19-27(20-18-25)29(21-24(3)23-31-30)28-16-12-15-26(22-28)14-11-9-7-5-2;2*1-3-5-7-9-11-13-15-17-19-21-23-22-20-18-16-14-12-10-8-6-4-2;2*8-6-7-4-2-1-3-5-7;;/h18,21-22,24-28H,5-17,19-20,23H2,1-4H3;12,15-22H,4-11,13-14H2,1-3H3;2*1,3-23H2,2H3;2*1-5H,6H2;;/q;;;;2*-1;;+2. The third kappa shape index (κ3) is 62.7. The molecular formula is C125H198N4Ni2O2. The summed E-state index contributed by atoms with van der Waals surface area (Å²) in [5, 5.41) is 2.87. The number of hydrogen-bond acceptors (Lipinski definition) is 2. The molecule has 0 saturated heterocycles. The molecule has 0 N–H and O–H groups in total. The van der Waals surface area contributed by atoms with Gasteiger partial charge in [0.15, 0.2) is 0 Å². The van der Waals surface area contributed by atoms with Crippen LogP contribution in [0.15, 0.2) is 181 Å². The molecule has 0 bridgehead atoms. The van der Waals surface area contributed by atoms with Gasteiger partial charge in [-0.2, -0.15) is 0 Å². The second-order valence-electron chi connectivity index (χ2n) is 38.9. The molecule has 0 aromatic heterocycles. The van der Waals surface area contributed by atoms with Gasteiger partial charge in [0.1, 0.15) is 0 Å². The summed E-state index contributed by atoms with van der Waals surface area (Å²) in [6.45, 7) is 21.2. The molecule has 750 valence electrons. The van der Waals surface area contributed by atoms with Crippen molar-refractivity contribution in [3.8, 4) is 0 Å². The topological polar surface area (TPSA) is 80.2 Å². The van der Waals surface area contributed by atoms with Crippen LogP contribution in [0.25, 0.3) is 28.0 Å². The molecule has 1 aliphatic heterocycles. The van der Waals surface area contributed by atoms with Crippen LogP contribution in [0.4, 0.5) is 0 Å². The Morgan fingerprint density at radius 3 is 0.970 bits per heavy atom. The first kappa shape index (κ1) is 120. The molecule has 0 saturated carbocycles. The number of rotatable bonds is 81. The molecular weight excluding hydrogens is 1710 g/mol. The Bertz CT molecular complexity index is 3800. The van der Waals surface area contributed by atoms with Gasteiger partial charge in [0.05, 0.1) is 5.57 Å². The normalized spacial score (nSPS) is 12.0. The average Bonchev–Trinajstić information content (AvgIpc) is 1.61. The van der Waals surface area contributed by atoms with Crippen LogP contribution in [0.5, 0.6) is 0 Å². The Morgan fingerprint density at radius 2 is 0.602 bits per heavy atom. The van der Waals surface area contributed by atoms with Crippen molar-refractivity contribution < 1.29 is 46.8 Å². The molecule has 0 spiro atoms. The molecule has 6 aromatic carbocycles. The molecule has 0 fully saturated rings. The number of hydrogen-bond donors (Lipinski definition) is 0. The minimum absolute atomic E-state index is 0.565. The van der Waals surface area contributed by atoms with Crippen molar-refractivity contribution in [2.45, 2.75) is 523 Å². The summed E-state index contributed by atoms with van der Waals surface area (Å²) in [6, 6.07) is 55.7. The zero-order chi connectivity index (χ0) is 95.1. The summed E-state index contributed by atoms with van der Waals surface area (Å²) in [5.74, 6) is 2.65. The zero-order valence-corrected chi connectivity index (χ0v) is 89.2. The van der Waals surface area contributed by atoms with Crippen LogP contribution in [-0.4, -0.2) is 15.4 Å². The molecule has 7 rings (SSSR count). The van der Waals surface area contributed by atoms with E-state index in [1.54, 1.807) is 0 Å². The van der Waals surface area contributed by atoms with E-state index < -0.39 is 0 Å². The Morgan fingerprint density at radius 1 is 0.301 bits per heavy atom. The van der Waals surface area contributed by atoms with Crippen LogP contribution >= 0.6 is 0 Å². The molecule has 133 heavy (non-hydrogen) atoms. The maximum absolute atomic E-state index is 11.6. The second-order valence-corrected chi connectivity index (χ2v) is 41.1. The maximum atomic E-state index is 11.6. The molecule has 0 radical (unpaired) electrons. The minimum atomic E-state index is 0.565. The summed E-state index contributed by atoms with van der Waals surface area (Å²) in [5.41, 5.74) is 39.4. The fraction of sp³-hybridized carbons (Fsp3) is 0.648. The molecule has 8 heteroatoms. The van der Waals surface area contributed by atoms with Gasteiger partial charge in [0.2, 0.25) is 11.4 Å². The van der Waals surface area contributed by atoms with Crippen LogP contribution in [0, 0.1) is 0 Å². The summed E-state index contributed by atoms with van der Waals surface area (Å²) >= 11 is 2.91. The number of aryl methyl sites for hydroxylation is 4. The predicted molar refractivity (Wildman–Crippen MR) is 576 cm³/mol. The molecule has 0 unspecified atom stereocenters. The van der Waals surface area contributed by atoms with E-state index in [1.807, 2.05) is 67.6 Å². The van der Waals surface area contributed by atoms with E-state index in [0.29, 0.717) is 13.2 Å². The first-order valence-electron chi connectivity index (χ1n) is 56.0. The zero-order valence-electron chi connectivity index (χ0n) is 87.2. The van der Waals surface area contributed by atoms with Crippen molar-refractivity contribution in [3.05, 3.63) is 247 Å². The van der Waals surface area contributed by atoms with Gasteiger partial charge in [-0.3, -0.25) is 0 Å². The molecule has 0 atom stereocenters. The molecule has 0 aliphatic carbocycles. The summed E-state index contributed by atoms with van der Waals surface area (Å²) < 4.78 is 12.2. The van der Waals surface area contributed by atoms with Gasteiger partial charge in [-0.05, 0) is 147 Å². The van der Waals surface area contributed by atoms with Crippen LogP contribution in [0.1, 0.15) is 529 Å². The van der Waals surface area contributed by atoms with E-state index >= 15 is 0 Å². The van der Waals surface area contributed by atoms with Gasteiger partial charge in [0, 0.05) is 22.3 Å². The quantitative estimate of drug-likeness (QED) is 0.00725. The number of benzene rings is 6. The van der Waals surface area contributed by atoms with Crippen molar-refractivity contribution in [1.29, 1.82) is 0 Å². The van der Waals surface area contributed by atoms with Gasteiger partial charge in [-0.1, -0.05) is 352 Å². The molecule has 6 aromatic rings. The fourth-order valence-corrected chi connectivity index (χ4v) is 20.0. The molecule has 6 nitrogen and oxygen atoms in total. The van der Waals surface area contributed by atoms with Gasteiger partial charge in [-0.25, -0.2) is 4.70 Å². The third-order valence-electron chi connectivity index (χ3n) is 26.7. The van der Waals surface area contributed by atoms with Gasteiger partial charge >= 0.3 is 280 Å². The van der Waals surface area contributed by atoms with Gasteiger partial charge in [-0.15, -0.1) is 4.79 Å². The van der Waals surface area contributed by atoms with E-state index in [2.05, 4.69) is 184 Å². The Hall–Kier alpha value is -5.79. The van der Waals surface area contributed by atoms with Crippen LogP contribution < -0.4 is 0 Å². The summed E-state index contributed by atoms with van der Waals surface area (Å²) in [7, 11) is 0. The summed E-state index contributed by atoms with van der Waals surface area (Å²) in [6.07, 6.45) is 96.7. The van der Waals surface area contributed by atoms with Crippen molar-refractivity contribution in [1.82, 2.24) is 0 Å². The van der Waals surface area contributed by atoms with E-state index in [0.717, 1.165) is 98.4 Å². The first-order chi connectivity index (χ1) is 65.6. The Labute approximate surface area is 833 Å². The predicted octanol–water partition coefficient (Wildman–Crippen LogP) is 41.4. The van der Waals surface area contributed by atoms with Crippen molar-refractivity contribution >= 4 is 22.8 Å². The Kier molecular flexibility index (Phi) is 78.8. The molecule has 1 heterocycles. The van der Waals surface area contributed by atoms with Crippen molar-refractivity contribution in [2.24, 2.45) is 0 Å². The van der Waals surface area contributed by atoms with E-state index in [9.17, 15) is 5.53 Å². The number of unbranched alkanes of at least 4 members (excludes halogenated alkanes) is 56. The van der Waals surface area contributed by atoms with Crippen LogP contribution in [0.3, 0.4) is 0 Å². The monoisotopic (exact) mass is 1900 g/mol. The average molecular weight is 1910 g/mol. The van der Waals surface area contributed by atoms with Gasteiger partial charge in [0.25, 0.3) is 0 Å². The SMILES string of the molecule is CCCCCCCCCCCCCCCCCCCCCC[CH2][Ni][CH2]CCCCCCCCCCCCCCCCCCCCCC.CCCCCCCCc1cccc(C2=C(CCCCC)C(C)=C(c3ccc(CCCCCC)cc3)[N+]2=[N-])c1.CCCCCCc1ccc(C(=CC(C)=C=[N+]=[N-])c2cccc(CCCCCC)c2)cc1.c1ccc(C[O][Ni][O]Cc2ccccc2)cc1. The van der Waals surface area contributed by atoms with Crippen LogP contribution in [0.2, 0.25) is 10.8 Å². The number of nitrogens with zero attached hydrogens (tertiary/aromatic N) is 4.